The third kappa shape index (κ3) is 8.17. The van der Waals surface area contributed by atoms with E-state index in [-0.39, 0.29) is 11.3 Å². The second kappa shape index (κ2) is 12.0. The van der Waals surface area contributed by atoms with Crippen molar-refractivity contribution in [1.29, 1.82) is 0 Å². The van der Waals surface area contributed by atoms with Crippen LogP contribution >= 0.6 is 0 Å². The third-order valence-corrected chi connectivity index (χ3v) is 7.68. The molecule has 0 heterocycles. The zero-order valence-electron chi connectivity index (χ0n) is 20.2. The molecular formula is C26H34O7S. The molecule has 2 rings (SSSR count). The molecule has 0 aliphatic carbocycles. The molecule has 0 bridgehead atoms. The maximum Gasteiger partial charge on any atom is 0.311 e. The molecule has 0 saturated carbocycles. The Bertz CT molecular complexity index is 1040. The molecule has 0 aliphatic heterocycles. The number of carbonyl (C=O) groups is 2. The van der Waals surface area contributed by atoms with E-state index in [1.54, 1.807) is 20.8 Å². The van der Waals surface area contributed by atoms with E-state index in [1.165, 1.54) is 31.4 Å². The topological polar surface area (TPSA) is 107 Å². The number of esters is 1. The number of sulfone groups is 1. The lowest BCUT2D eigenvalue weighted by Crippen LogP contribution is -2.40. The number of carboxylic acid groups (broad SMARTS) is 1. The van der Waals surface area contributed by atoms with Gasteiger partial charge in [0.2, 0.25) is 0 Å². The largest absolute Gasteiger partial charge is 0.497 e. The summed E-state index contributed by atoms with van der Waals surface area (Å²) in [5.41, 5.74) is 0.251. The van der Waals surface area contributed by atoms with Gasteiger partial charge in [-0.3, -0.25) is 9.59 Å². The number of methoxy groups -OCH3 is 1. The van der Waals surface area contributed by atoms with Gasteiger partial charge < -0.3 is 14.6 Å². The van der Waals surface area contributed by atoms with Crippen molar-refractivity contribution in [3.63, 3.8) is 0 Å². The molecule has 0 fully saturated rings. The summed E-state index contributed by atoms with van der Waals surface area (Å²) in [6.45, 7) is 4.99. The summed E-state index contributed by atoms with van der Waals surface area (Å²) in [5, 5.41) is 8.25. The maximum atomic E-state index is 13.6. The molecule has 0 aliphatic rings. The molecule has 2 aromatic rings. The van der Waals surface area contributed by atoms with Crippen molar-refractivity contribution >= 4 is 21.8 Å². The van der Waals surface area contributed by atoms with Gasteiger partial charge in [0.25, 0.3) is 0 Å². The quantitative estimate of drug-likeness (QED) is 0.340. The molecule has 7 nitrogen and oxygen atoms in total. The zero-order valence-corrected chi connectivity index (χ0v) is 21.0. The van der Waals surface area contributed by atoms with E-state index in [0.717, 1.165) is 12.0 Å². The Kier molecular flexibility index (Phi) is 9.67. The minimum atomic E-state index is -4.04. The molecule has 2 aromatic carbocycles. The number of aryl methyl sites for hydroxylation is 1. The van der Waals surface area contributed by atoms with E-state index < -0.39 is 45.0 Å². The Balaban J connectivity index is 2.35. The van der Waals surface area contributed by atoms with Gasteiger partial charge in [-0.1, -0.05) is 36.8 Å². The van der Waals surface area contributed by atoms with Crippen LogP contribution in [0.5, 0.6) is 5.75 Å². The predicted octanol–water partition coefficient (Wildman–Crippen LogP) is 4.68. The molecule has 0 aromatic heterocycles. The Morgan fingerprint density at radius 2 is 1.59 bits per heavy atom. The van der Waals surface area contributed by atoms with E-state index in [0.29, 0.717) is 18.6 Å². The molecule has 2 atom stereocenters. The molecule has 0 radical (unpaired) electrons. The van der Waals surface area contributed by atoms with Crippen LogP contribution in [0.25, 0.3) is 0 Å². The molecule has 0 unspecified atom stereocenters. The van der Waals surface area contributed by atoms with Crippen molar-refractivity contribution in [3.8, 4) is 5.75 Å². The van der Waals surface area contributed by atoms with Gasteiger partial charge in [0.15, 0.2) is 9.84 Å². The maximum absolute atomic E-state index is 13.6. The van der Waals surface area contributed by atoms with E-state index in [1.807, 2.05) is 30.3 Å². The van der Waals surface area contributed by atoms with Gasteiger partial charge in [-0.15, -0.1) is 0 Å². The normalized spacial score (nSPS) is 13.6. The van der Waals surface area contributed by atoms with Crippen LogP contribution < -0.4 is 4.74 Å². The average Bonchev–Trinajstić information content (AvgIpc) is 2.77. The lowest BCUT2D eigenvalue weighted by atomic mass is 9.95. The summed E-state index contributed by atoms with van der Waals surface area (Å²) < 4.78 is 37.8. The van der Waals surface area contributed by atoms with E-state index >= 15 is 0 Å². The van der Waals surface area contributed by atoms with Gasteiger partial charge >= 0.3 is 11.9 Å². The van der Waals surface area contributed by atoms with E-state index in [2.05, 4.69) is 0 Å². The first-order chi connectivity index (χ1) is 15.9. The summed E-state index contributed by atoms with van der Waals surface area (Å²) in [6.07, 6.45) is 1.47. The van der Waals surface area contributed by atoms with E-state index in [4.69, 9.17) is 9.47 Å². The van der Waals surface area contributed by atoms with Gasteiger partial charge in [-0.05, 0) is 69.9 Å². The van der Waals surface area contributed by atoms with Crippen LogP contribution in [0, 0.1) is 5.92 Å². The second-order valence-electron chi connectivity index (χ2n) is 9.23. The highest BCUT2D eigenvalue weighted by Gasteiger charge is 2.41. The number of rotatable bonds is 12. The van der Waals surface area contributed by atoms with Gasteiger partial charge in [0.05, 0.1) is 29.6 Å². The summed E-state index contributed by atoms with van der Waals surface area (Å²) in [6, 6.07) is 15.7. The standard InChI is InChI=1S/C26H34O7S/c1-26(2,3)33-25(29)22(18-24(27)28)23(13-9-8-12-19-10-6-5-7-11-19)34(30,31)21-16-14-20(32-4)15-17-21/h5-7,10-11,14-17,22-23H,8-9,12-13,18H2,1-4H3,(H,27,28)/t22-,23+/m0/s1. The highest BCUT2D eigenvalue weighted by atomic mass is 32.2. The van der Waals surface area contributed by atoms with Crippen LogP contribution in [0.2, 0.25) is 0 Å². The minimum absolute atomic E-state index is 0.0142. The molecule has 1 N–H and O–H groups in total. The molecule has 0 saturated heterocycles. The molecule has 186 valence electrons. The van der Waals surface area contributed by atoms with Crippen LogP contribution in [0.15, 0.2) is 59.5 Å². The Morgan fingerprint density at radius 1 is 0.971 bits per heavy atom. The number of hydrogen-bond acceptors (Lipinski definition) is 6. The van der Waals surface area contributed by atoms with Crippen LogP contribution in [0.1, 0.15) is 52.0 Å². The smallest absolute Gasteiger partial charge is 0.311 e. The first-order valence-electron chi connectivity index (χ1n) is 11.3. The van der Waals surface area contributed by atoms with Gasteiger partial charge in [-0.25, -0.2) is 8.42 Å². The second-order valence-corrected chi connectivity index (χ2v) is 11.4. The first-order valence-corrected chi connectivity index (χ1v) is 12.8. The number of aliphatic carboxylic acids is 1. The van der Waals surface area contributed by atoms with Crippen molar-refractivity contribution in [1.82, 2.24) is 0 Å². The van der Waals surface area contributed by atoms with Crippen molar-refractivity contribution in [2.75, 3.05) is 7.11 Å². The lowest BCUT2D eigenvalue weighted by Gasteiger charge is -2.28. The lowest BCUT2D eigenvalue weighted by molar-refractivity contribution is -0.163. The minimum Gasteiger partial charge on any atom is -0.497 e. The fourth-order valence-electron chi connectivity index (χ4n) is 3.76. The highest BCUT2D eigenvalue weighted by molar-refractivity contribution is 7.92. The molecule has 34 heavy (non-hydrogen) atoms. The summed E-state index contributed by atoms with van der Waals surface area (Å²) in [7, 11) is -2.56. The van der Waals surface area contributed by atoms with Crippen molar-refractivity contribution < 1.29 is 32.6 Å². The van der Waals surface area contributed by atoms with Gasteiger partial charge in [0, 0.05) is 0 Å². The number of hydrogen-bond donors (Lipinski definition) is 1. The number of carbonyl (C=O) groups excluding carboxylic acids is 1. The number of benzene rings is 2. The molecule has 0 amide bonds. The Hall–Kier alpha value is -2.87. The summed E-state index contributed by atoms with van der Waals surface area (Å²) in [5.74, 6) is -2.91. The van der Waals surface area contributed by atoms with Crippen LogP contribution in [0.4, 0.5) is 0 Å². The molecular weight excluding hydrogens is 456 g/mol. The summed E-state index contributed by atoms with van der Waals surface area (Å²) in [4.78, 5) is 24.6. The van der Waals surface area contributed by atoms with Crippen LogP contribution in [0.3, 0.4) is 0 Å². The number of carboxylic acids is 1. The Morgan fingerprint density at radius 3 is 2.12 bits per heavy atom. The number of ether oxygens (including phenoxy) is 2. The highest BCUT2D eigenvalue weighted by Crippen LogP contribution is 2.31. The van der Waals surface area contributed by atoms with Crippen LogP contribution in [-0.4, -0.2) is 43.4 Å². The fourth-order valence-corrected chi connectivity index (χ4v) is 5.75. The van der Waals surface area contributed by atoms with Crippen molar-refractivity contribution in [3.05, 3.63) is 60.2 Å². The zero-order chi connectivity index (χ0) is 25.4. The van der Waals surface area contributed by atoms with Gasteiger partial charge in [-0.2, -0.15) is 0 Å². The first kappa shape index (κ1) is 27.4. The van der Waals surface area contributed by atoms with E-state index in [9.17, 15) is 23.1 Å². The number of unbranched alkanes of at least 4 members (excludes halogenated alkanes) is 1. The molecule has 8 heteroatoms. The van der Waals surface area contributed by atoms with Crippen molar-refractivity contribution in [2.24, 2.45) is 5.92 Å². The molecule has 0 spiro atoms. The predicted molar refractivity (Wildman–Crippen MR) is 130 cm³/mol. The average molecular weight is 491 g/mol. The van der Waals surface area contributed by atoms with Crippen LogP contribution in [-0.2, 0) is 30.6 Å². The fraction of sp³-hybridized carbons (Fsp3) is 0.462. The monoisotopic (exact) mass is 490 g/mol. The SMILES string of the molecule is COc1ccc(S(=O)(=O)[C@H](CCCCc2ccccc2)[C@H](CC(=O)O)C(=O)OC(C)(C)C)cc1. The van der Waals surface area contributed by atoms with Gasteiger partial charge in [0.1, 0.15) is 11.4 Å². The van der Waals surface area contributed by atoms with Crippen molar-refractivity contribution in [2.45, 2.75) is 68.6 Å². The Labute approximate surface area is 202 Å². The third-order valence-electron chi connectivity index (χ3n) is 5.39. The summed E-state index contributed by atoms with van der Waals surface area (Å²) >= 11 is 0.